The molecule has 15 atom stereocenters. The molecule has 0 radical (unpaired) electrons. The van der Waals surface area contributed by atoms with E-state index in [2.05, 4.69) is 0 Å². The molecule has 12 N–H and O–H groups in total. The number of carbonyl (C=O) groups excluding carboxylic acids is 1. The van der Waals surface area contributed by atoms with E-state index >= 15 is 0 Å². The zero-order valence-electron chi connectivity index (χ0n) is 37.4. The molecule has 0 spiro atoms. The number of ether oxygens (including phenoxy) is 10. The molecular formula is C45H52O25. The average molecular weight is 993 g/mol. The van der Waals surface area contributed by atoms with Crippen LogP contribution in [0.3, 0.4) is 0 Å². The molecule has 4 aromatic rings. The summed E-state index contributed by atoms with van der Waals surface area (Å²) in [5, 5.41) is 128. The average Bonchev–Trinajstić information content (AvgIpc) is 3.34. The van der Waals surface area contributed by atoms with Crippen molar-refractivity contribution in [1.82, 2.24) is 0 Å². The Balaban J connectivity index is 1.19. The number of fused-ring (bicyclic) bond motifs is 1. The molecule has 7 rings (SSSR count). The second kappa shape index (κ2) is 21.5. The van der Waals surface area contributed by atoms with Gasteiger partial charge in [-0.1, -0.05) is 0 Å². The molecule has 25 nitrogen and oxygen atoms in total. The van der Waals surface area contributed by atoms with Crippen molar-refractivity contribution in [2.45, 2.75) is 99.0 Å². The van der Waals surface area contributed by atoms with Crippen LogP contribution < -0.4 is 29.1 Å². The highest BCUT2D eigenvalue weighted by atomic mass is 16.8. The number of phenols is 3. The van der Waals surface area contributed by atoms with Gasteiger partial charge < -0.3 is 113 Å². The first-order valence-corrected chi connectivity index (χ1v) is 21.3. The van der Waals surface area contributed by atoms with Crippen LogP contribution in [0.25, 0.3) is 28.4 Å². The van der Waals surface area contributed by atoms with Gasteiger partial charge in [0.25, 0.3) is 0 Å². The van der Waals surface area contributed by atoms with E-state index in [-0.39, 0.29) is 45.6 Å². The van der Waals surface area contributed by atoms with Crippen LogP contribution in [0.2, 0.25) is 0 Å². The summed E-state index contributed by atoms with van der Waals surface area (Å²) in [7, 11) is 3.84. The highest BCUT2D eigenvalue weighted by Gasteiger charge is 2.52. The lowest BCUT2D eigenvalue weighted by Gasteiger charge is -2.45. The molecule has 3 aromatic carbocycles. The van der Waals surface area contributed by atoms with Crippen LogP contribution in [-0.4, -0.2) is 194 Å². The van der Waals surface area contributed by atoms with Crippen LogP contribution in [0.15, 0.2) is 57.8 Å². The number of aromatic hydroxyl groups is 3. The second-order valence-corrected chi connectivity index (χ2v) is 16.3. The fourth-order valence-corrected chi connectivity index (χ4v) is 7.81. The lowest BCUT2D eigenvalue weighted by molar-refractivity contribution is -0.358. The van der Waals surface area contributed by atoms with Gasteiger partial charge in [0.1, 0.15) is 90.1 Å². The topological polar surface area (TPSA) is 382 Å². The summed E-state index contributed by atoms with van der Waals surface area (Å²) in [4.78, 5) is 27.3. The summed E-state index contributed by atoms with van der Waals surface area (Å²) in [5.41, 5.74) is -1.21. The van der Waals surface area contributed by atoms with Crippen molar-refractivity contribution in [2.75, 3.05) is 34.5 Å². The molecule has 0 aliphatic carbocycles. The van der Waals surface area contributed by atoms with Gasteiger partial charge in [0.15, 0.2) is 41.2 Å². The zero-order valence-corrected chi connectivity index (χ0v) is 37.4. The Bertz CT molecular complexity index is 2560. The Hall–Kier alpha value is -6.04. The molecule has 0 unspecified atom stereocenters. The third-order valence-corrected chi connectivity index (χ3v) is 11.7. The summed E-state index contributed by atoms with van der Waals surface area (Å²) >= 11 is 0. The number of aliphatic hydroxyl groups is 9. The molecule has 3 aliphatic heterocycles. The van der Waals surface area contributed by atoms with Crippen molar-refractivity contribution in [2.24, 2.45) is 0 Å². The Morgan fingerprint density at radius 2 is 1.30 bits per heavy atom. The highest BCUT2D eigenvalue weighted by Crippen LogP contribution is 2.42. The van der Waals surface area contributed by atoms with Gasteiger partial charge in [0.05, 0.1) is 34.0 Å². The molecule has 1 aromatic heterocycles. The maximum Gasteiger partial charge on any atom is 0.330 e. The predicted octanol–water partition coefficient (Wildman–Crippen LogP) is -1.92. The quantitative estimate of drug-likeness (QED) is 0.0456. The molecule has 3 saturated heterocycles. The summed E-state index contributed by atoms with van der Waals surface area (Å²) in [6.07, 6.45) is -24.8. The van der Waals surface area contributed by atoms with Gasteiger partial charge in [0, 0.05) is 23.8 Å². The first-order valence-electron chi connectivity index (χ1n) is 21.3. The SMILES string of the molecule is COc1cc(-c2oc3cc(O[C@@H]4O[C@@H](C)[C@H](O)[C@@H](O)[C@H]4O)cc(O)c3c(=O)c2O[C@@H]2O[C@H](CO)[C@@H](O)[C@H](O)[C@H]2O[C@@H]2O[C@H](COC(=O)/C=C/c3cc(OC)c(O)c(OC)c3)[C@@H](O)[C@H](O)[C@H]2O)ccc1O. The van der Waals surface area contributed by atoms with E-state index in [0.29, 0.717) is 5.56 Å². The van der Waals surface area contributed by atoms with Crippen LogP contribution in [-0.2, 0) is 28.5 Å². The standard InChI is InChI=1S/C45H52O25/c1-16-30(50)35(55)38(58)43(64-16)65-19-12-21(48)29-23(13-19)66-40(18-6-7-20(47)22(11-18)60-2)41(34(29)54)69-45-42(37(57)32(52)26(14-46)67-45)70-44-39(59)36(56)33(53)27(68-44)15-63-28(49)8-5-17-9-24(61-3)31(51)25(10-17)62-4/h5-13,16,26-27,30,32-33,35-39,42-48,50-53,55-59H,14-15H2,1-4H3/b8-5+/t16-,26+,27+,30-,32+,33+,35+,36-,37-,38+,39+,42+,43-,44-,45-/m0/s1. The summed E-state index contributed by atoms with van der Waals surface area (Å²) in [6, 6.07) is 8.50. The van der Waals surface area contributed by atoms with Crippen LogP contribution in [0, 0.1) is 0 Å². The van der Waals surface area contributed by atoms with E-state index in [1.165, 1.54) is 64.7 Å². The van der Waals surface area contributed by atoms with Crippen molar-refractivity contribution >= 4 is 23.0 Å². The molecule has 0 amide bonds. The molecule has 382 valence electrons. The Kier molecular flexibility index (Phi) is 15.9. The molecule has 25 heteroatoms. The Labute approximate surface area is 395 Å². The lowest BCUT2D eigenvalue weighted by Crippen LogP contribution is -2.65. The van der Waals surface area contributed by atoms with Gasteiger partial charge in [-0.05, 0) is 48.9 Å². The number of esters is 1. The maximum absolute atomic E-state index is 14.6. The minimum Gasteiger partial charge on any atom is -0.507 e. The van der Waals surface area contributed by atoms with Gasteiger partial charge in [-0.3, -0.25) is 4.79 Å². The van der Waals surface area contributed by atoms with E-state index in [1.807, 2.05) is 0 Å². The Morgan fingerprint density at radius 3 is 1.96 bits per heavy atom. The van der Waals surface area contributed by atoms with E-state index in [9.17, 15) is 70.9 Å². The van der Waals surface area contributed by atoms with E-state index < -0.39 is 139 Å². The van der Waals surface area contributed by atoms with Gasteiger partial charge in [0.2, 0.25) is 29.5 Å². The number of phenolic OH excluding ortho intramolecular Hbond substituents is 3. The van der Waals surface area contributed by atoms with E-state index in [0.717, 1.165) is 18.2 Å². The van der Waals surface area contributed by atoms with Gasteiger partial charge in [-0.2, -0.15) is 0 Å². The monoisotopic (exact) mass is 992 g/mol. The maximum atomic E-state index is 14.6. The minimum absolute atomic E-state index is 0.0306. The fourth-order valence-electron chi connectivity index (χ4n) is 7.81. The van der Waals surface area contributed by atoms with Crippen LogP contribution in [0.1, 0.15) is 12.5 Å². The van der Waals surface area contributed by atoms with Gasteiger partial charge in [-0.25, -0.2) is 4.79 Å². The summed E-state index contributed by atoms with van der Waals surface area (Å²) in [5.74, 6) is -3.97. The zero-order chi connectivity index (χ0) is 50.9. The van der Waals surface area contributed by atoms with Crippen molar-refractivity contribution in [1.29, 1.82) is 0 Å². The fraction of sp³-hybridized carbons (Fsp3) is 0.467. The third-order valence-electron chi connectivity index (χ3n) is 11.7. The Morgan fingerprint density at radius 1 is 0.671 bits per heavy atom. The third kappa shape index (κ3) is 10.4. The molecular weight excluding hydrogens is 940 g/mol. The number of methoxy groups -OCH3 is 3. The van der Waals surface area contributed by atoms with Crippen LogP contribution in [0.5, 0.6) is 46.0 Å². The molecule has 0 saturated carbocycles. The normalized spacial score (nSPS) is 31.3. The highest BCUT2D eigenvalue weighted by molar-refractivity contribution is 5.89. The molecule has 70 heavy (non-hydrogen) atoms. The van der Waals surface area contributed by atoms with Crippen molar-refractivity contribution in [3.05, 3.63) is 64.3 Å². The molecule has 4 heterocycles. The second-order valence-electron chi connectivity index (χ2n) is 16.3. The van der Waals surface area contributed by atoms with E-state index in [1.54, 1.807) is 0 Å². The predicted molar refractivity (Wildman–Crippen MR) is 232 cm³/mol. The van der Waals surface area contributed by atoms with E-state index in [4.69, 9.17) is 51.8 Å². The number of hydrogen-bond donors (Lipinski definition) is 12. The lowest BCUT2D eigenvalue weighted by atomic mass is 9.97. The summed E-state index contributed by atoms with van der Waals surface area (Å²) < 4.78 is 61.5. The first-order chi connectivity index (χ1) is 33.3. The van der Waals surface area contributed by atoms with Crippen LogP contribution in [0.4, 0.5) is 0 Å². The molecule has 3 aliphatic rings. The number of aliphatic hydroxyl groups excluding tert-OH is 9. The summed E-state index contributed by atoms with van der Waals surface area (Å²) in [6.45, 7) is -0.296. The smallest absolute Gasteiger partial charge is 0.330 e. The largest absolute Gasteiger partial charge is 0.507 e. The number of benzene rings is 3. The van der Waals surface area contributed by atoms with Gasteiger partial charge in [-0.15, -0.1) is 0 Å². The molecule has 0 bridgehead atoms. The minimum atomic E-state index is -2.11. The van der Waals surface area contributed by atoms with Crippen molar-refractivity contribution in [3.63, 3.8) is 0 Å². The molecule has 3 fully saturated rings. The van der Waals surface area contributed by atoms with Crippen molar-refractivity contribution < 1.29 is 118 Å². The number of hydrogen-bond acceptors (Lipinski definition) is 25. The number of carbonyl (C=O) groups is 1. The number of rotatable bonds is 15. The van der Waals surface area contributed by atoms with Crippen LogP contribution >= 0.6 is 0 Å². The van der Waals surface area contributed by atoms with Crippen molar-refractivity contribution in [3.8, 4) is 57.3 Å². The first kappa shape index (κ1) is 51.8. The van der Waals surface area contributed by atoms with Gasteiger partial charge >= 0.3 is 5.97 Å².